The summed E-state index contributed by atoms with van der Waals surface area (Å²) in [6.45, 7) is 3.63. The maximum atomic E-state index is 12.1. The number of carbonyl (C=O) groups excluding carboxylic acids is 1. The average molecular weight is 273 g/mol. The smallest absolute Gasteiger partial charge is 0.228 e. The molecule has 0 aliphatic rings. The van der Waals surface area contributed by atoms with Gasteiger partial charge in [-0.2, -0.15) is 0 Å². The van der Waals surface area contributed by atoms with Gasteiger partial charge in [0.05, 0.1) is 11.6 Å². The van der Waals surface area contributed by atoms with E-state index in [2.05, 4.69) is 15.5 Å². The number of benzene rings is 1. The first-order valence-electron chi connectivity index (χ1n) is 6.50. The van der Waals surface area contributed by atoms with Crippen molar-refractivity contribution in [1.82, 2.24) is 14.8 Å². The molecular weight excluding hydrogens is 254 g/mol. The number of nitrogens with one attached hydrogen (secondary N) is 1. The maximum Gasteiger partial charge on any atom is 0.228 e. The van der Waals surface area contributed by atoms with Crippen LogP contribution in [0.2, 0.25) is 0 Å². The Hall–Kier alpha value is -2.21. The summed E-state index contributed by atoms with van der Waals surface area (Å²) >= 11 is 0. The van der Waals surface area contributed by atoms with E-state index in [0.29, 0.717) is 11.5 Å². The van der Waals surface area contributed by atoms with Gasteiger partial charge in [0.1, 0.15) is 6.33 Å². The van der Waals surface area contributed by atoms with Crippen molar-refractivity contribution in [3.8, 4) is 11.4 Å². The zero-order valence-corrected chi connectivity index (χ0v) is 11.9. The van der Waals surface area contributed by atoms with Crippen LogP contribution in [0.1, 0.15) is 13.8 Å². The van der Waals surface area contributed by atoms with Gasteiger partial charge in [0, 0.05) is 18.7 Å². The molecule has 0 radical (unpaired) electrons. The Labute approximate surface area is 118 Å². The predicted octanol–water partition coefficient (Wildman–Crippen LogP) is 1.40. The number of nitrogens with zero attached hydrogens (tertiary/aromatic N) is 3. The Morgan fingerprint density at radius 2 is 2.05 bits per heavy atom. The number of rotatable bonds is 4. The van der Waals surface area contributed by atoms with Gasteiger partial charge in [-0.3, -0.25) is 4.79 Å². The Bertz CT molecular complexity index is 605. The minimum atomic E-state index is -0.262. The molecule has 0 bridgehead atoms. The molecule has 0 spiro atoms. The van der Waals surface area contributed by atoms with Crippen molar-refractivity contribution in [2.45, 2.75) is 19.9 Å². The maximum absolute atomic E-state index is 12.1. The van der Waals surface area contributed by atoms with Crippen molar-refractivity contribution in [2.75, 3.05) is 5.32 Å². The highest BCUT2D eigenvalue weighted by molar-refractivity contribution is 5.96. The molecule has 0 fully saturated rings. The number of nitrogens with two attached hydrogens (primary N) is 1. The first kappa shape index (κ1) is 14.2. The van der Waals surface area contributed by atoms with Crippen molar-refractivity contribution in [1.29, 1.82) is 0 Å². The van der Waals surface area contributed by atoms with Crippen molar-refractivity contribution in [3.63, 3.8) is 0 Å². The molecule has 1 aromatic heterocycles. The molecular formula is C14H19N5O. The van der Waals surface area contributed by atoms with Crippen LogP contribution in [-0.2, 0) is 11.8 Å². The fraction of sp³-hybridized carbons (Fsp3) is 0.357. The summed E-state index contributed by atoms with van der Waals surface area (Å²) < 4.78 is 1.81. The molecule has 106 valence electrons. The third-order valence-corrected chi connectivity index (χ3v) is 3.34. The lowest BCUT2D eigenvalue weighted by atomic mass is 10.0. The normalized spacial score (nSPS) is 13.8. The van der Waals surface area contributed by atoms with Crippen LogP contribution >= 0.6 is 0 Å². The monoisotopic (exact) mass is 273 g/mol. The summed E-state index contributed by atoms with van der Waals surface area (Å²) in [5.74, 6) is 0.339. The second-order valence-corrected chi connectivity index (χ2v) is 4.95. The molecule has 2 aromatic rings. The number of hydrogen-bond donors (Lipinski definition) is 2. The van der Waals surface area contributed by atoms with Crippen LogP contribution in [0.5, 0.6) is 0 Å². The molecule has 0 saturated heterocycles. The lowest BCUT2D eigenvalue weighted by Gasteiger charge is -2.17. The van der Waals surface area contributed by atoms with Gasteiger partial charge < -0.3 is 15.6 Å². The van der Waals surface area contributed by atoms with Crippen LogP contribution in [0, 0.1) is 5.92 Å². The van der Waals surface area contributed by atoms with Gasteiger partial charge in [0.2, 0.25) is 5.91 Å². The Kier molecular flexibility index (Phi) is 4.14. The number of amides is 1. The SMILES string of the molecule is CC(N)C(C)C(=O)Nc1ccccc1-c1nncn1C. The highest BCUT2D eigenvalue weighted by Gasteiger charge is 2.19. The van der Waals surface area contributed by atoms with E-state index in [9.17, 15) is 4.79 Å². The molecule has 1 aromatic carbocycles. The quantitative estimate of drug-likeness (QED) is 0.881. The zero-order valence-electron chi connectivity index (χ0n) is 11.9. The van der Waals surface area contributed by atoms with Gasteiger partial charge in [0.15, 0.2) is 5.82 Å². The Morgan fingerprint density at radius 3 is 2.65 bits per heavy atom. The molecule has 3 N–H and O–H groups in total. The van der Waals surface area contributed by atoms with Crippen LogP contribution in [0.25, 0.3) is 11.4 Å². The number of aromatic nitrogens is 3. The van der Waals surface area contributed by atoms with E-state index in [1.165, 1.54) is 0 Å². The van der Waals surface area contributed by atoms with Crippen molar-refractivity contribution in [3.05, 3.63) is 30.6 Å². The predicted molar refractivity (Wildman–Crippen MR) is 77.9 cm³/mol. The second-order valence-electron chi connectivity index (χ2n) is 4.95. The molecule has 2 unspecified atom stereocenters. The molecule has 2 rings (SSSR count). The minimum Gasteiger partial charge on any atom is -0.327 e. The summed E-state index contributed by atoms with van der Waals surface area (Å²) in [5.41, 5.74) is 7.30. The van der Waals surface area contributed by atoms with E-state index in [0.717, 1.165) is 5.56 Å². The van der Waals surface area contributed by atoms with Crippen LogP contribution in [0.15, 0.2) is 30.6 Å². The Balaban J connectivity index is 2.30. The van der Waals surface area contributed by atoms with Crippen LogP contribution in [0.3, 0.4) is 0 Å². The number of carbonyl (C=O) groups is 1. The summed E-state index contributed by atoms with van der Waals surface area (Å²) in [4.78, 5) is 12.1. The lowest BCUT2D eigenvalue weighted by molar-refractivity contribution is -0.119. The van der Waals surface area contributed by atoms with Gasteiger partial charge in [-0.25, -0.2) is 0 Å². The van der Waals surface area contributed by atoms with Crippen molar-refractivity contribution in [2.24, 2.45) is 18.7 Å². The summed E-state index contributed by atoms with van der Waals surface area (Å²) in [6, 6.07) is 7.31. The molecule has 0 aliphatic heterocycles. The fourth-order valence-corrected chi connectivity index (χ4v) is 1.80. The van der Waals surface area contributed by atoms with Gasteiger partial charge in [-0.15, -0.1) is 10.2 Å². The van der Waals surface area contributed by atoms with E-state index in [4.69, 9.17) is 5.73 Å². The standard InChI is InChI=1S/C14H19N5O/c1-9(10(2)15)14(20)17-12-7-5-4-6-11(12)13-18-16-8-19(13)3/h4-10H,15H2,1-3H3,(H,17,20). The lowest BCUT2D eigenvalue weighted by Crippen LogP contribution is -2.34. The molecule has 2 atom stereocenters. The third kappa shape index (κ3) is 2.85. The van der Waals surface area contributed by atoms with E-state index in [1.54, 1.807) is 10.9 Å². The molecule has 0 saturated carbocycles. The molecule has 1 amide bonds. The van der Waals surface area contributed by atoms with Crippen LogP contribution in [0.4, 0.5) is 5.69 Å². The third-order valence-electron chi connectivity index (χ3n) is 3.34. The van der Waals surface area contributed by atoms with Gasteiger partial charge in [0.25, 0.3) is 0 Å². The van der Waals surface area contributed by atoms with Gasteiger partial charge in [-0.1, -0.05) is 19.1 Å². The van der Waals surface area contributed by atoms with E-state index >= 15 is 0 Å². The topological polar surface area (TPSA) is 85.8 Å². The molecule has 6 heteroatoms. The second kappa shape index (κ2) is 5.83. The first-order valence-corrected chi connectivity index (χ1v) is 6.50. The van der Waals surface area contributed by atoms with Crippen molar-refractivity contribution >= 4 is 11.6 Å². The summed E-state index contributed by atoms with van der Waals surface area (Å²) in [5, 5.41) is 10.8. The van der Waals surface area contributed by atoms with Gasteiger partial charge in [-0.05, 0) is 19.1 Å². The minimum absolute atomic E-state index is 0.102. The average Bonchev–Trinajstić information content (AvgIpc) is 2.84. The summed E-state index contributed by atoms with van der Waals surface area (Å²) in [6.07, 6.45) is 1.62. The van der Waals surface area contributed by atoms with E-state index in [1.807, 2.05) is 45.2 Å². The number of aryl methyl sites for hydroxylation is 1. The highest BCUT2D eigenvalue weighted by atomic mass is 16.1. The Morgan fingerprint density at radius 1 is 1.35 bits per heavy atom. The molecule has 20 heavy (non-hydrogen) atoms. The number of anilines is 1. The van der Waals surface area contributed by atoms with Crippen molar-refractivity contribution < 1.29 is 4.79 Å². The van der Waals surface area contributed by atoms with E-state index < -0.39 is 0 Å². The molecule has 1 heterocycles. The van der Waals surface area contributed by atoms with Gasteiger partial charge >= 0.3 is 0 Å². The highest BCUT2D eigenvalue weighted by Crippen LogP contribution is 2.26. The fourth-order valence-electron chi connectivity index (χ4n) is 1.80. The largest absolute Gasteiger partial charge is 0.327 e. The zero-order chi connectivity index (χ0) is 14.7. The molecule has 6 nitrogen and oxygen atoms in total. The number of para-hydroxylation sites is 1. The number of hydrogen-bond acceptors (Lipinski definition) is 4. The van der Waals surface area contributed by atoms with Crippen LogP contribution < -0.4 is 11.1 Å². The summed E-state index contributed by atoms with van der Waals surface area (Å²) in [7, 11) is 1.86. The van der Waals surface area contributed by atoms with E-state index in [-0.39, 0.29) is 17.9 Å². The first-order chi connectivity index (χ1) is 9.50. The van der Waals surface area contributed by atoms with Crippen LogP contribution in [-0.4, -0.2) is 26.7 Å². The molecule has 0 aliphatic carbocycles.